The van der Waals surface area contributed by atoms with Crippen LogP contribution in [0.3, 0.4) is 0 Å². The number of halogens is 3. The molecule has 1 saturated heterocycles. The number of alkyl halides is 3. The fraction of sp³-hybridized carbons (Fsp3) is 0.450. The first kappa shape index (κ1) is 22.4. The number of piperidine rings is 1. The molecule has 3 rings (SSSR count). The van der Waals surface area contributed by atoms with E-state index in [0.717, 1.165) is 32.0 Å². The van der Waals surface area contributed by atoms with Crippen LogP contribution in [0, 0.1) is 22.8 Å². The molecule has 0 unspecified atom stereocenters. The van der Waals surface area contributed by atoms with Crippen LogP contribution in [0.25, 0.3) is 11.3 Å². The molecule has 0 radical (unpaired) electrons. The van der Waals surface area contributed by atoms with E-state index in [1.807, 2.05) is 6.07 Å². The number of nitriles is 1. The summed E-state index contributed by atoms with van der Waals surface area (Å²) < 4.78 is 46.5. The summed E-state index contributed by atoms with van der Waals surface area (Å²) in [7, 11) is 1.55. The normalized spacial score (nSPS) is 14.7. The molecule has 2 aromatic heterocycles. The van der Waals surface area contributed by atoms with Gasteiger partial charge in [0.25, 0.3) is 0 Å². The largest absolute Gasteiger partial charge is 0.477 e. The van der Waals surface area contributed by atoms with Crippen molar-refractivity contribution in [1.29, 1.82) is 10.8 Å². The standard InChI is InChI=1S/C20H22F3N7O/c1-26-16-9-15(29-17(10-24)18(16)30-25)13-8-14(20(21,22)23)19(28-11-13)31-7-4-12-2-5-27-6-3-12/h8-9,11-12,25,27H,2-7H2,1H3,(H,26,29). The molecule has 3 N–H and O–H groups in total. The van der Waals surface area contributed by atoms with Crippen molar-refractivity contribution in [1.82, 2.24) is 15.3 Å². The fourth-order valence-electron chi connectivity index (χ4n) is 3.47. The van der Waals surface area contributed by atoms with Crippen molar-refractivity contribution in [2.45, 2.75) is 25.4 Å². The van der Waals surface area contributed by atoms with Gasteiger partial charge in [-0.1, -0.05) is 0 Å². The molecule has 8 nitrogen and oxygen atoms in total. The fourth-order valence-corrected chi connectivity index (χ4v) is 3.47. The zero-order chi connectivity index (χ0) is 22.4. The monoisotopic (exact) mass is 433 g/mol. The average molecular weight is 433 g/mol. The molecule has 0 amide bonds. The van der Waals surface area contributed by atoms with Gasteiger partial charge in [0.2, 0.25) is 5.88 Å². The number of pyridine rings is 2. The van der Waals surface area contributed by atoms with Crippen molar-refractivity contribution in [2.24, 2.45) is 11.0 Å². The molecule has 1 aliphatic heterocycles. The first-order valence-electron chi connectivity index (χ1n) is 9.78. The van der Waals surface area contributed by atoms with E-state index in [4.69, 9.17) is 10.3 Å². The minimum absolute atomic E-state index is 0.00983. The number of ether oxygens (including phenoxy) is 1. The molecule has 1 fully saturated rings. The highest BCUT2D eigenvalue weighted by atomic mass is 19.4. The molecule has 0 atom stereocenters. The summed E-state index contributed by atoms with van der Waals surface area (Å²) in [6.45, 7) is 1.97. The number of nitrogens with one attached hydrogen (secondary N) is 3. The number of hydrogen-bond acceptors (Lipinski definition) is 8. The Morgan fingerprint density at radius 1 is 1.35 bits per heavy atom. The second-order valence-corrected chi connectivity index (χ2v) is 7.13. The quantitative estimate of drug-likeness (QED) is 0.553. The molecule has 0 aromatic carbocycles. The Kier molecular flexibility index (Phi) is 7.02. The van der Waals surface area contributed by atoms with Crippen LogP contribution in [0.5, 0.6) is 5.88 Å². The highest BCUT2D eigenvalue weighted by Crippen LogP contribution is 2.38. The van der Waals surface area contributed by atoms with Crippen molar-refractivity contribution < 1.29 is 17.9 Å². The van der Waals surface area contributed by atoms with Crippen molar-refractivity contribution in [3.05, 3.63) is 29.6 Å². The molecular weight excluding hydrogens is 411 g/mol. The molecule has 164 valence electrons. The number of anilines is 1. The van der Waals surface area contributed by atoms with Crippen LogP contribution in [0.2, 0.25) is 0 Å². The lowest BCUT2D eigenvalue weighted by Gasteiger charge is -2.22. The Labute approximate surface area is 177 Å². The van der Waals surface area contributed by atoms with E-state index >= 15 is 0 Å². The third-order valence-corrected chi connectivity index (χ3v) is 5.16. The van der Waals surface area contributed by atoms with Gasteiger partial charge >= 0.3 is 6.18 Å². The van der Waals surface area contributed by atoms with Crippen molar-refractivity contribution >= 4 is 11.4 Å². The van der Waals surface area contributed by atoms with E-state index in [1.54, 1.807) is 7.05 Å². The maximum absolute atomic E-state index is 13.7. The minimum atomic E-state index is -4.67. The maximum atomic E-state index is 13.7. The molecule has 31 heavy (non-hydrogen) atoms. The molecule has 2 aromatic rings. The van der Waals surface area contributed by atoms with Crippen LogP contribution in [0.15, 0.2) is 23.4 Å². The molecule has 0 saturated carbocycles. The van der Waals surface area contributed by atoms with Gasteiger partial charge in [-0.05, 0) is 50.4 Å². The Bertz CT molecular complexity index is 982. The van der Waals surface area contributed by atoms with Gasteiger partial charge in [0.1, 0.15) is 17.3 Å². The number of aromatic nitrogens is 2. The number of nitrogens with zero attached hydrogens (tertiary/aromatic N) is 4. The summed E-state index contributed by atoms with van der Waals surface area (Å²) in [6.07, 6.45) is -0.825. The SMILES string of the molecule is CNc1cc(-c2cnc(OCCC3CCNCC3)c(C(F)(F)F)c2)nc(C#N)c1N=N. The van der Waals surface area contributed by atoms with Crippen LogP contribution in [0.1, 0.15) is 30.5 Å². The van der Waals surface area contributed by atoms with Crippen molar-refractivity contribution in [3.8, 4) is 23.2 Å². The molecule has 1 aliphatic rings. The van der Waals surface area contributed by atoms with Crippen LogP contribution in [-0.4, -0.2) is 36.7 Å². The zero-order valence-corrected chi connectivity index (χ0v) is 16.9. The summed E-state index contributed by atoms with van der Waals surface area (Å²) >= 11 is 0. The zero-order valence-electron chi connectivity index (χ0n) is 16.9. The third-order valence-electron chi connectivity index (χ3n) is 5.16. The van der Waals surface area contributed by atoms with E-state index < -0.39 is 17.6 Å². The summed E-state index contributed by atoms with van der Waals surface area (Å²) in [4.78, 5) is 7.95. The summed E-state index contributed by atoms with van der Waals surface area (Å²) in [6, 6.07) is 4.14. The highest BCUT2D eigenvalue weighted by Gasteiger charge is 2.36. The van der Waals surface area contributed by atoms with Gasteiger partial charge in [0.15, 0.2) is 5.69 Å². The van der Waals surface area contributed by atoms with E-state index in [-0.39, 0.29) is 29.2 Å². The lowest BCUT2D eigenvalue weighted by atomic mass is 9.95. The summed E-state index contributed by atoms with van der Waals surface area (Å²) in [5.74, 6) is -0.0540. The van der Waals surface area contributed by atoms with Gasteiger partial charge in [0.05, 0.1) is 18.0 Å². The summed E-state index contributed by atoms with van der Waals surface area (Å²) in [5.41, 5.74) is 6.51. The molecule has 0 aliphatic carbocycles. The van der Waals surface area contributed by atoms with Crippen LogP contribution < -0.4 is 15.4 Å². The molecule has 11 heteroatoms. The predicted molar refractivity (Wildman–Crippen MR) is 107 cm³/mol. The molecule has 0 spiro atoms. The second-order valence-electron chi connectivity index (χ2n) is 7.13. The molecule has 0 bridgehead atoms. The van der Waals surface area contributed by atoms with Gasteiger partial charge in [-0.2, -0.15) is 23.5 Å². The smallest absolute Gasteiger partial charge is 0.421 e. The Balaban J connectivity index is 1.89. The first-order valence-corrected chi connectivity index (χ1v) is 9.78. The van der Waals surface area contributed by atoms with Crippen LogP contribution in [-0.2, 0) is 6.18 Å². The lowest BCUT2D eigenvalue weighted by Crippen LogP contribution is -2.28. The Morgan fingerprint density at radius 3 is 2.71 bits per heavy atom. The molecular formula is C20H22F3N7O. The van der Waals surface area contributed by atoms with Crippen molar-refractivity contribution in [3.63, 3.8) is 0 Å². The average Bonchev–Trinajstić information content (AvgIpc) is 2.78. The predicted octanol–water partition coefficient (Wildman–Crippen LogP) is 4.51. The van der Waals surface area contributed by atoms with Crippen LogP contribution >= 0.6 is 0 Å². The van der Waals surface area contributed by atoms with Gasteiger partial charge in [-0.15, -0.1) is 0 Å². The van der Waals surface area contributed by atoms with Gasteiger partial charge in [0, 0.05) is 18.8 Å². The van der Waals surface area contributed by atoms with E-state index in [9.17, 15) is 18.4 Å². The van der Waals surface area contributed by atoms with E-state index in [2.05, 4.69) is 25.7 Å². The summed E-state index contributed by atoms with van der Waals surface area (Å²) in [5, 5.41) is 18.6. The topological polar surface area (TPSA) is 119 Å². The first-order chi connectivity index (χ1) is 14.9. The minimum Gasteiger partial charge on any atom is -0.477 e. The van der Waals surface area contributed by atoms with E-state index in [1.165, 1.54) is 12.3 Å². The maximum Gasteiger partial charge on any atom is 0.421 e. The number of hydrogen-bond donors (Lipinski definition) is 3. The number of rotatable bonds is 7. The molecule has 3 heterocycles. The Morgan fingerprint density at radius 2 is 2.10 bits per heavy atom. The van der Waals surface area contributed by atoms with Gasteiger partial charge in [-0.3, -0.25) is 0 Å². The third kappa shape index (κ3) is 5.27. The van der Waals surface area contributed by atoms with E-state index in [0.29, 0.717) is 18.0 Å². The van der Waals surface area contributed by atoms with Crippen LogP contribution in [0.4, 0.5) is 24.5 Å². The Hall–Kier alpha value is -3.26. The highest BCUT2D eigenvalue weighted by molar-refractivity contribution is 5.76. The lowest BCUT2D eigenvalue weighted by molar-refractivity contribution is -0.139. The van der Waals surface area contributed by atoms with Crippen molar-refractivity contribution in [2.75, 3.05) is 32.1 Å². The van der Waals surface area contributed by atoms with Gasteiger partial charge in [-0.25, -0.2) is 15.5 Å². The van der Waals surface area contributed by atoms with Gasteiger partial charge < -0.3 is 15.4 Å². The second kappa shape index (κ2) is 9.70.